The summed E-state index contributed by atoms with van der Waals surface area (Å²) in [6, 6.07) is 0. The van der Waals surface area contributed by atoms with Crippen molar-refractivity contribution in [2.45, 2.75) is 70.5 Å². The second-order valence-corrected chi connectivity index (χ2v) is 7.48. The van der Waals surface area contributed by atoms with Crippen LogP contribution in [0.15, 0.2) is 0 Å². The van der Waals surface area contributed by atoms with E-state index in [2.05, 4.69) is 25.6 Å². The monoisotopic (exact) mass is 240 g/mol. The van der Waals surface area contributed by atoms with Gasteiger partial charge in [-0.1, -0.05) is 52.4 Å². The first-order chi connectivity index (χ1) is 7.77. The quantitative estimate of drug-likeness (QED) is 0.659. The van der Waals surface area contributed by atoms with Gasteiger partial charge in [-0.25, -0.2) is 0 Å². The minimum Gasteiger partial charge on any atom is -0.158 e. The molecule has 0 aromatic carbocycles. The van der Waals surface area contributed by atoms with Crippen LogP contribution >= 0.6 is 11.8 Å². The highest BCUT2D eigenvalue weighted by Crippen LogP contribution is 2.39. The lowest BCUT2D eigenvalue weighted by Gasteiger charge is -2.35. The Kier molecular flexibility index (Phi) is 5.06. The Bertz CT molecular complexity index is 186. The van der Waals surface area contributed by atoms with Crippen LogP contribution in [0.25, 0.3) is 0 Å². The van der Waals surface area contributed by atoms with E-state index in [0.29, 0.717) is 0 Å². The molecule has 2 aliphatic rings. The maximum atomic E-state index is 2.49. The van der Waals surface area contributed by atoms with Gasteiger partial charge in [0.15, 0.2) is 0 Å². The van der Waals surface area contributed by atoms with Crippen molar-refractivity contribution in [3.05, 3.63) is 0 Å². The van der Waals surface area contributed by atoms with Crippen LogP contribution in [0, 0.1) is 17.8 Å². The van der Waals surface area contributed by atoms with E-state index in [1.54, 1.807) is 0 Å². The van der Waals surface area contributed by atoms with Crippen LogP contribution < -0.4 is 0 Å². The molecule has 0 amide bonds. The first kappa shape index (κ1) is 12.8. The van der Waals surface area contributed by atoms with Crippen LogP contribution in [0.3, 0.4) is 0 Å². The zero-order valence-corrected chi connectivity index (χ0v) is 11.9. The lowest BCUT2D eigenvalue weighted by Crippen LogP contribution is -2.27. The summed E-state index contributed by atoms with van der Waals surface area (Å²) < 4.78 is 0. The van der Waals surface area contributed by atoms with Crippen molar-refractivity contribution in [1.82, 2.24) is 0 Å². The molecule has 2 atom stereocenters. The molecule has 2 fully saturated rings. The second kappa shape index (κ2) is 6.33. The van der Waals surface area contributed by atoms with Crippen LogP contribution in [-0.2, 0) is 0 Å². The second-order valence-electron chi connectivity index (χ2n) is 6.14. The van der Waals surface area contributed by atoms with Crippen LogP contribution in [0.1, 0.15) is 65.2 Å². The van der Waals surface area contributed by atoms with E-state index >= 15 is 0 Å². The van der Waals surface area contributed by atoms with Crippen molar-refractivity contribution in [3.8, 4) is 0 Å². The fraction of sp³-hybridized carbons (Fsp3) is 1.00. The molecule has 0 heterocycles. The van der Waals surface area contributed by atoms with Crippen molar-refractivity contribution in [2.24, 2.45) is 17.8 Å². The van der Waals surface area contributed by atoms with E-state index < -0.39 is 0 Å². The van der Waals surface area contributed by atoms with Crippen molar-refractivity contribution < 1.29 is 0 Å². The molecule has 1 heteroatoms. The number of hydrogen-bond donors (Lipinski definition) is 0. The Morgan fingerprint density at radius 1 is 0.812 bits per heavy atom. The zero-order chi connectivity index (χ0) is 11.4. The molecule has 0 bridgehead atoms. The van der Waals surface area contributed by atoms with Crippen LogP contribution in [0.2, 0.25) is 0 Å². The van der Waals surface area contributed by atoms with Crippen molar-refractivity contribution in [2.75, 3.05) is 5.75 Å². The summed E-state index contributed by atoms with van der Waals surface area (Å²) in [6.07, 6.45) is 11.9. The zero-order valence-electron chi connectivity index (χ0n) is 11.1. The highest BCUT2D eigenvalue weighted by molar-refractivity contribution is 7.99. The molecule has 0 saturated heterocycles. The molecule has 2 aliphatic carbocycles. The summed E-state index contributed by atoms with van der Waals surface area (Å²) in [7, 11) is 0. The standard InChI is InChI=1S/C15H28S/c1-12-7-6-8-13(2)15(12)11-16-14-9-4-3-5-10-14/h12-15H,3-11H2,1-2H3. The Labute approximate surface area is 106 Å². The first-order valence-corrected chi connectivity index (χ1v) is 8.44. The number of hydrogen-bond acceptors (Lipinski definition) is 1. The molecule has 0 spiro atoms. The fourth-order valence-corrected chi connectivity index (χ4v) is 5.38. The fourth-order valence-electron chi connectivity index (χ4n) is 3.56. The van der Waals surface area contributed by atoms with Gasteiger partial charge in [-0.05, 0) is 36.3 Å². The predicted molar refractivity (Wildman–Crippen MR) is 75.0 cm³/mol. The minimum atomic E-state index is 0.986. The summed E-state index contributed by atoms with van der Waals surface area (Å²) in [5.74, 6) is 4.44. The lowest BCUT2D eigenvalue weighted by atomic mass is 9.75. The van der Waals surface area contributed by atoms with Gasteiger partial charge in [0.05, 0.1) is 0 Å². The molecule has 0 N–H and O–H groups in total. The van der Waals surface area contributed by atoms with E-state index in [1.807, 2.05) is 0 Å². The maximum absolute atomic E-state index is 2.49. The summed E-state index contributed by atoms with van der Waals surface area (Å²) in [4.78, 5) is 0. The molecule has 2 unspecified atom stereocenters. The molecule has 2 saturated carbocycles. The average Bonchev–Trinajstić information content (AvgIpc) is 2.30. The van der Waals surface area contributed by atoms with Crippen LogP contribution in [0.5, 0.6) is 0 Å². The van der Waals surface area contributed by atoms with Crippen molar-refractivity contribution in [1.29, 1.82) is 0 Å². The number of thioether (sulfide) groups is 1. The predicted octanol–water partition coefficient (Wildman–Crippen LogP) is 5.12. The highest BCUT2D eigenvalue weighted by atomic mass is 32.2. The topological polar surface area (TPSA) is 0 Å². The SMILES string of the molecule is CC1CCCC(C)C1CSC1CCCCC1. The van der Waals surface area contributed by atoms with Gasteiger partial charge in [0.2, 0.25) is 0 Å². The van der Waals surface area contributed by atoms with E-state index in [1.165, 1.54) is 57.1 Å². The average molecular weight is 240 g/mol. The van der Waals surface area contributed by atoms with Crippen LogP contribution in [-0.4, -0.2) is 11.0 Å². The van der Waals surface area contributed by atoms with E-state index in [0.717, 1.165) is 23.0 Å². The van der Waals surface area contributed by atoms with Gasteiger partial charge in [0.1, 0.15) is 0 Å². The molecule has 0 radical (unpaired) electrons. The van der Waals surface area contributed by atoms with Crippen molar-refractivity contribution in [3.63, 3.8) is 0 Å². The summed E-state index contributed by atoms with van der Waals surface area (Å²) in [5.41, 5.74) is 0. The smallest absolute Gasteiger partial charge is 0.00471 e. The molecule has 2 rings (SSSR count). The van der Waals surface area contributed by atoms with Gasteiger partial charge in [-0.15, -0.1) is 0 Å². The Morgan fingerprint density at radius 2 is 1.44 bits per heavy atom. The van der Waals surface area contributed by atoms with E-state index in [9.17, 15) is 0 Å². The van der Waals surface area contributed by atoms with Crippen LogP contribution in [0.4, 0.5) is 0 Å². The minimum absolute atomic E-state index is 0.986. The number of rotatable bonds is 3. The molecule has 0 aromatic heterocycles. The normalized spacial score (nSPS) is 37.5. The molecular weight excluding hydrogens is 212 g/mol. The molecular formula is C15H28S. The third kappa shape index (κ3) is 3.42. The molecule has 0 aromatic rings. The first-order valence-electron chi connectivity index (χ1n) is 7.39. The Balaban J connectivity index is 1.74. The summed E-state index contributed by atoms with van der Waals surface area (Å²) in [5, 5.41) is 1.01. The Morgan fingerprint density at radius 3 is 2.06 bits per heavy atom. The van der Waals surface area contributed by atoms with E-state index in [-0.39, 0.29) is 0 Å². The van der Waals surface area contributed by atoms with Gasteiger partial charge in [0.25, 0.3) is 0 Å². The maximum Gasteiger partial charge on any atom is 0.00471 e. The molecule has 0 aliphatic heterocycles. The molecule has 0 nitrogen and oxygen atoms in total. The van der Waals surface area contributed by atoms with Gasteiger partial charge in [-0.2, -0.15) is 11.8 Å². The van der Waals surface area contributed by atoms with Gasteiger partial charge >= 0.3 is 0 Å². The summed E-state index contributed by atoms with van der Waals surface area (Å²) in [6.45, 7) is 4.98. The largest absolute Gasteiger partial charge is 0.158 e. The van der Waals surface area contributed by atoms with E-state index in [4.69, 9.17) is 0 Å². The molecule has 16 heavy (non-hydrogen) atoms. The van der Waals surface area contributed by atoms with Gasteiger partial charge < -0.3 is 0 Å². The lowest BCUT2D eigenvalue weighted by molar-refractivity contribution is 0.202. The van der Waals surface area contributed by atoms with Crippen molar-refractivity contribution >= 4 is 11.8 Å². The van der Waals surface area contributed by atoms with Gasteiger partial charge in [0, 0.05) is 5.25 Å². The molecule has 94 valence electrons. The van der Waals surface area contributed by atoms with Gasteiger partial charge in [-0.3, -0.25) is 0 Å². The third-order valence-corrected chi connectivity index (χ3v) is 6.38. The summed E-state index contributed by atoms with van der Waals surface area (Å²) >= 11 is 2.31. The third-order valence-electron chi connectivity index (χ3n) is 4.86. The highest BCUT2D eigenvalue weighted by Gasteiger charge is 2.28. The Hall–Kier alpha value is 0.350.